The molecule has 2 amide bonds. The van der Waals surface area contributed by atoms with Gasteiger partial charge in [-0.25, -0.2) is 22.1 Å². The molecule has 64 heavy (non-hydrogen) atoms. The molecule has 4 rings (SSSR count). The molecular weight excluding hydrogens is 956 g/mol. The van der Waals surface area contributed by atoms with Gasteiger partial charge in [0.25, 0.3) is 0 Å². The Kier molecular flexibility index (Phi) is 17.5. The summed E-state index contributed by atoms with van der Waals surface area (Å²) in [7, 11) is -16.5. The van der Waals surface area contributed by atoms with Crippen molar-refractivity contribution in [3.8, 4) is 0 Å². The molecule has 0 aromatic heterocycles. The monoisotopic (exact) mass is 998 g/mol. The second kappa shape index (κ2) is 21.0. The summed E-state index contributed by atoms with van der Waals surface area (Å²) in [6, 6.07) is -4.10. The van der Waals surface area contributed by atoms with Crippen LogP contribution in [0.25, 0.3) is 0 Å². The van der Waals surface area contributed by atoms with Gasteiger partial charge < -0.3 is 84.6 Å². The van der Waals surface area contributed by atoms with Gasteiger partial charge in [-0.3, -0.25) is 23.2 Å². The van der Waals surface area contributed by atoms with Crippen LogP contribution in [0.4, 0.5) is 0 Å². The van der Waals surface area contributed by atoms with E-state index in [0.717, 1.165) is 13.8 Å². The predicted molar refractivity (Wildman–Crippen MR) is 188 cm³/mol. The Bertz CT molecular complexity index is 2070. The molecule has 368 valence electrons. The Labute approximate surface area is 359 Å². The lowest BCUT2D eigenvalue weighted by Gasteiger charge is -2.49. The molecule has 18 atom stereocenters. The average molecular weight is 999 g/mol. The molecule has 0 spiro atoms. The zero-order valence-corrected chi connectivity index (χ0v) is 34.6. The molecule has 13 N–H and O–H groups in total. The highest BCUT2D eigenvalue weighted by molar-refractivity contribution is 7.81. The van der Waals surface area contributed by atoms with Crippen molar-refractivity contribution in [2.45, 2.75) is 124 Å². The van der Waals surface area contributed by atoms with Crippen molar-refractivity contribution in [3.63, 3.8) is 0 Å². The summed E-state index contributed by atoms with van der Waals surface area (Å²) in [5, 5.41) is 88.8. The Morgan fingerprint density at radius 2 is 1.19 bits per heavy atom. The summed E-state index contributed by atoms with van der Waals surface area (Å²) < 4.78 is 149. The summed E-state index contributed by atoms with van der Waals surface area (Å²) in [6.45, 7) is -0.920. The van der Waals surface area contributed by atoms with Crippen molar-refractivity contribution in [2.24, 2.45) is 0 Å². The number of nitrogens with one attached hydrogen (secondary N) is 2. The lowest BCUT2D eigenvalue weighted by molar-refractivity contribution is -0.362. The molecule has 0 bridgehead atoms. The van der Waals surface area contributed by atoms with Crippen molar-refractivity contribution in [1.82, 2.24) is 10.6 Å². The van der Waals surface area contributed by atoms with Crippen molar-refractivity contribution in [3.05, 3.63) is 11.8 Å². The zero-order chi connectivity index (χ0) is 48.4. The van der Waals surface area contributed by atoms with Crippen LogP contribution in [0.2, 0.25) is 0 Å². The number of amides is 2. The molecule has 3 fully saturated rings. The van der Waals surface area contributed by atoms with Crippen molar-refractivity contribution in [2.75, 3.05) is 13.2 Å². The fourth-order valence-electron chi connectivity index (χ4n) is 6.62. The first kappa shape index (κ1) is 53.2. The first-order valence-electron chi connectivity index (χ1n) is 17.7. The molecule has 18 unspecified atom stereocenters. The van der Waals surface area contributed by atoms with E-state index in [1.807, 2.05) is 0 Å². The van der Waals surface area contributed by atoms with Gasteiger partial charge in [-0.1, -0.05) is 0 Å². The van der Waals surface area contributed by atoms with Crippen molar-refractivity contribution < 1.29 is 145 Å². The topological polar surface area (TPSA) is 510 Å². The third-order valence-electron chi connectivity index (χ3n) is 9.15. The normalized spacial score (nSPS) is 38.6. The molecule has 0 radical (unpaired) electrons. The van der Waals surface area contributed by atoms with Crippen LogP contribution in [0.3, 0.4) is 0 Å². The first-order chi connectivity index (χ1) is 29.4. The lowest BCUT2D eigenvalue weighted by atomic mass is 9.94. The highest BCUT2D eigenvalue weighted by Gasteiger charge is 2.58. The van der Waals surface area contributed by atoms with Gasteiger partial charge >= 0.3 is 43.1 Å². The van der Waals surface area contributed by atoms with E-state index in [1.165, 1.54) is 0 Å². The molecule has 0 saturated carbocycles. The summed E-state index contributed by atoms with van der Waals surface area (Å²) in [5.41, 5.74) is 0. The third-order valence-corrected chi connectivity index (χ3v) is 10.5. The maximum atomic E-state index is 12.7. The van der Waals surface area contributed by atoms with Gasteiger partial charge in [-0.15, -0.1) is 0 Å². The number of carboxylic acids is 2. The molecule has 33 nitrogen and oxygen atoms in total. The van der Waals surface area contributed by atoms with Gasteiger partial charge in [0.2, 0.25) is 23.9 Å². The van der Waals surface area contributed by atoms with E-state index in [4.69, 9.17) is 33.2 Å². The number of hydrogen-bond acceptors (Lipinski definition) is 26. The van der Waals surface area contributed by atoms with Crippen LogP contribution >= 0.6 is 0 Å². The highest BCUT2D eigenvalue weighted by atomic mass is 32.3. The standard InChI is InChI=1S/C28H42N2O31S3/c1-6(32)29-12-20(18(61-64(49,50)51)10(4-31)53-25(12)42)57-27-16(37)15(36)21(22(59-27)24(40)41)58-26-13(30-7(2)33)19(14(35)11(55-26)5-52-62(43,44)45)56-28-17(60-63(46,47)48)8(34)3-9(54-28)23(38)39/h3,8,10-22,25-28,31,34-37,42H,4-5H2,1-2H3,(H,29,32)(H,30,33)(H,38,39)(H,40,41)(H,43,44,45)(H,46,47,48)(H,49,50,51). The molecule has 3 saturated heterocycles. The van der Waals surface area contributed by atoms with E-state index in [0.29, 0.717) is 6.08 Å². The van der Waals surface area contributed by atoms with Crippen LogP contribution in [0.5, 0.6) is 0 Å². The maximum absolute atomic E-state index is 12.7. The average Bonchev–Trinajstić information content (AvgIpc) is 3.14. The molecule has 36 heteroatoms. The number of carbonyl (C=O) groups excluding carboxylic acids is 2. The van der Waals surface area contributed by atoms with E-state index in [9.17, 15) is 98.9 Å². The number of aliphatic hydroxyl groups is 6. The number of rotatable bonds is 18. The molecule has 4 aliphatic heterocycles. The minimum absolute atomic E-state index is 0.383. The van der Waals surface area contributed by atoms with E-state index in [2.05, 4.69) is 23.2 Å². The van der Waals surface area contributed by atoms with E-state index < -0.39 is 184 Å². The van der Waals surface area contributed by atoms with Gasteiger partial charge in [0, 0.05) is 13.8 Å². The van der Waals surface area contributed by atoms with Crippen LogP contribution in [0.1, 0.15) is 13.8 Å². The molecule has 0 aliphatic carbocycles. The first-order valence-corrected chi connectivity index (χ1v) is 21.8. The largest absolute Gasteiger partial charge is 0.479 e. The van der Waals surface area contributed by atoms with E-state index in [1.54, 1.807) is 0 Å². The summed E-state index contributed by atoms with van der Waals surface area (Å²) >= 11 is 0. The summed E-state index contributed by atoms with van der Waals surface area (Å²) in [5.74, 6) is -7.25. The van der Waals surface area contributed by atoms with E-state index in [-0.39, 0.29) is 0 Å². The predicted octanol–water partition coefficient (Wildman–Crippen LogP) is -8.64. The number of aliphatic hydroxyl groups excluding tert-OH is 6. The summed E-state index contributed by atoms with van der Waals surface area (Å²) in [6.07, 6.45) is -37.7. The van der Waals surface area contributed by atoms with Crippen LogP contribution < -0.4 is 10.6 Å². The highest BCUT2D eigenvalue weighted by Crippen LogP contribution is 2.36. The number of hydrogen-bond donors (Lipinski definition) is 13. The Morgan fingerprint density at radius 3 is 1.70 bits per heavy atom. The Morgan fingerprint density at radius 1 is 0.641 bits per heavy atom. The van der Waals surface area contributed by atoms with E-state index >= 15 is 0 Å². The third kappa shape index (κ3) is 13.8. The quantitative estimate of drug-likeness (QED) is 0.0567. The van der Waals surface area contributed by atoms with Crippen LogP contribution in [-0.4, -0.2) is 227 Å². The molecule has 4 heterocycles. The second-order valence-corrected chi connectivity index (χ2v) is 17.0. The zero-order valence-electron chi connectivity index (χ0n) is 32.2. The van der Waals surface area contributed by atoms with Crippen molar-refractivity contribution in [1.29, 1.82) is 0 Å². The Balaban J connectivity index is 1.75. The smallest absolute Gasteiger partial charge is 0.397 e. The number of ether oxygens (including phenoxy) is 7. The van der Waals surface area contributed by atoms with Crippen LogP contribution in [-0.2, 0) is 96.1 Å². The van der Waals surface area contributed by atoms with Gasteiger partial charge in [-0.05, 0) is 6.08 Å². The summed E-state index contributed by atoms with van der Waals surface area (Å²) in [4.78, 5) is 49.0. The number of aliphatic carboxylic acids is 2. The van der Waals surface area contributed by atoms with Gasteiger partial charge in [0.1, 0.15) is 73.1 Å². The minimum atomic E-state index is -5.56. The lowest BCUT2D eigenvalue weighted by Crippen LogP contribution is -2.70. The van der Waals surface area contributed by atoms with Crippen molar-refractivity contribution >= 4 is 54.9 Å². The fourth-order valence-corrected chi connectivity index (χ4v) is 7.93. The molecule has 0 aromatic rings. The van der Waals surface area contributed by atoms with Crippen LogP contribution in [0, 0.1) is 0 Å². The fraction of sp³-hybridized carbons (Fsp3) is 0.786. The van der Waals surface area contributed by atoms with Crippen LogP contribution in [0.15, 0.2) is 11.8 Å². The van der Waals surface area contributed by atoms with Gasteiger partial charge in [0.05, 0.1) is 13.2 Å². The maximum Gasteiger partial charge on any atom is 0.397 e. The second-order valence-electron chi connectivity index (χ2n) is 13.8. The Hall–Kier alpha value is -3.45. The van der Waals surface area contributed by atoms with Gasteiger partial charge in [-0.2, -0.15) is 25.3 Å². The molecule has 4 aliphatic rings. The SMILES string of the molecule is CC(=O)NC1C(OC2C(C(=O)O)OC(OC3C(NC(C)=O)C(O)OC(CO)C3OS(=O)(=O)O)C(O)C2O)OC(COS(=O)(=O)O)C(O)C1OC1OC(C(=O)O)=CC(O)C1OS(=O)(=O)O. The number of carbonyl (C=O) groups is 4. The minimum Gasteiger partial charge on any atom is -0.479 e. The molecular formula is C28H42N2O31S3. The number of carboxylic acid groups (broad SMARTS) is 2. The molecule has 0 aromatic carbocycles. The van der Waals surface area contributed by atoms with Gasteiger partial charge in [0.15, 0.2) is 31.1 Å².